The molecule has 3 aromatic rings. The first-order valence-corrected chi connectivity index (χ1v) is 7.97. The smallest absolute Gasteiger partial charge is 0.256 e. The van der Waals surface area contributed by atoms with Crippen LogP contribution in [-0.4, -0.2) is 18.0 Å². The molecule has 0 spiro atoms. The molecule has 0 bridgehead atoms. The van der Waals surface area contributed by atoms with Gasteiger partial charge in [0, 0.05) is 11.1 Å². The van der Waals surface area contributed by atoms with Crippen molar-refractivity contribution in [3.63, 3.8) is 0 Å². The number of hydrogen-bond acceptors (Lipinski definition) is 4. The largest absolute Gasteiger partial charge is 0.497 e. The quantitative estimate of drug-likeness (QED) is 0.775. The van der Waals surface area contributed by atoms with Crippen molar-refractivity contribution in [2.24, 2.45) is 0 Å². The molecule has 0 aliphatic heterocycles. The molecule has 1 N–H and O–H groups in total. The minimum Gasteiger partial charge on any atom is -0.497 e. The van der Waals surface area contributed by atoms with Gasteiger partial charge in [-0.15, -0.1) is 11.3 Å². The first-order chi connectivity index (χ1) is 11.2. The Balaban J connectivity index is 1.86. The number of benzene rings is 2. The summed E-state index contributed by atoms with van der Waals surface area (Å²) in [4.78, 5) is 17.0. The molecule has 0 aliphatic carbocycles. The van der Waals surface area contributed by atoms with Gasteiger partial charge in [0.1, 0.15) is 16.4 Å². The fraction of sp³-hybridized carbons (Fsp3) is 0.111. The van der Waals surface area contributed by atoms with Crippen molar-refractivity contribution in [2.45, 2.75) is 6.92 Å². The number of amides is 1. The number of rotatable bonds is 4. The zero-order valence-corrected chi connectivity index (χ0v) is 13.7. The number of hydrogen-bond donors (Lipinski definition) is 1. The first kappa shape index (κ1) is 15.2. The highest BCUT2D eigenvalue weighted by molar-refractivity contribution is 7.16. The fourth-order valence-corrected chi connectivity index (χ4v) is 3.06. The molecule has 4 nitrogen and oxygen atoms in total. The van der Waals surface area contributed by atoms with E-state index in [9.17, 15) is 4.79 Å². The summed E-state index contributed by atoms with van der Waals surface area (Å²) in [5.74, 6) is 0.564. The standard InChI is InChI=1S/C18H16N2O2S/c1-12-19-16(13-6-4-3-5-7-13)18(23-12)20-17(21)14-8-10-15(22-2)11-9-14/h3-11H,1-2H3,(H,20,21). The number of aromatic nitrogens is 1. The van der Waals surface area contributed by atoms with Crippen molar-refractivity contribution in [2.75, 3.05) is 12.4 Å². The van der Waals surface area contributed by atoms with Crippen LogP contribution in [0.4, 0.5) is 5.00 Å². The second-order valence-electron chi connectivity index (χ2n) is 4.96. The Kier molecular flexibility index (Phi) is 4.39. The summed E-state index contributed by atoms with van der Waals surface area (Å²) in [6.07, 6.45) is 0. The van der Waals surface area contributed by atoms with Gasteiger partial charge in [-0.1, -0.05) is 30.3 Å². The molecule has 0 atom stereocenters. The van der Waals surface area contributed by atoms with E-state index in [1.807, 2.05) is 37.3 Å². The highest BCUT2D eigenvalue weighted by Crippen LogP contribution is 2.33. The second kappa shape index (κ2) is 6.62. The Morgan fingerprint density at radius 2 is 1.78 bits per heavy atom. The zero-order chi connectivity index (χ0) is 16.2. The van der Waals surface area contributed by atoms with Crippen molar-refractivity contribution in [3.8, 4) is 17.0 Å². The van der Waals surface area contributed by atoms with Crippen molar-refractivity contribution in [1.82, 2.24) is 4.98 Å². The van der Waals surface area contributed by atoms with E-state index in [0.717, 1.165) is 27.0 Å². The lowest BCUT2D eigenvalue weighted by Crippen LogP contribution is -2.11. The highest BCUT2D eigenvalue weighted by Gasteiger charge is 2.15. The molecule has 5 heteroatoms. The molecular weight excluding hydrogens is 308 g/mol. The van der Waals surface area contributed by atoms with Gasteiger partial charge in [-0.05, 0) is 31.2 Å². The topological polar surface area (TPSA) is 51.2 Å². The molecule has 3 rings (SSSR count). The summed E-state index contributed by atoms with van der Waals surface area (Å²) in [7, 11) is 1.60. The van der Waals surface area contributed by atoms with E-state index < -0.39 is 0 Å². The van der Waals surface area contributed by atoms with Gasteiger partial charge in [0.2, 0.25) is 0 Å². The minimum atomic E-state index is -0.159. The van der Waals surface area contributed by atoms with Crippen LogP contribution in [0, 0.1) is 6.92 Å². The molecule has 1 amide bonds. The van der Waals surface area contributed by atoms with Crippen molar-refractivity contribution in [1.29, 1.82) is 0 Å². The lowest BCUT2D eigenvalue weighted by atomic mass is 10.1. The number of thiazole rings is 1. The van der Waals surface area contributed by atoms with Gasteiger partial charge in [-0.25, -0.2) is 4.98 Å². The van der Waals surface area contributed by atoms with Gasteiger partial charge in [-0.3, -0.25) is 4.79 Å². The third-order valence-corrected chi connectivity index (χ3v) is 4.25. The maximum absolute atomic E-state index is 12.4. The van der Waals surface area contributed by atoms with Crippen LogP contribution in [-0.2, 0) is 0 Å². The third-order valence-electron chi connectivity index (χ3n) is 3.36. The summed E-state index contributed by atoms with van der Waals surface area (Å²) in [5, 5.41) is 4.63. The van der Waals surface area contributed by atoms with Gasteiger partial charge in [0.05, 0.1) is 12.1 Å². The summed E-state index contributed by atoms with van der Waals surface area (Å²) >= 11 is 1.47. The summed E-state index contributed by atoms with van der Waals surface area (Å²) < 4.78 is 5.11. The molecule has 0 saturated carbocycles. The molecule has 0 fully saturated rings. The zero-order valence-electron chi connectivity index (χ0n) is 12.9. The Labute approximate surface area is 138 Å². The van der Waals surface area contributed by atoms with Gasteiger partial charge >= 0.3 is 0 Å². The number of nitrogens with zero attached hydrogens (tertiary/aromatic N) is 1. The summed E-state index contributed by atoms with van der Waals surface area (Å²) in [6, 6.07) is 16.9. The predicted molar refractivity (Wildman–Crippen MR) is 93.2 cm³/mol. The van der Waals surface area contributed by atoms with Crippen molar-refractivity contribution < 1.29 is 9.53 Å². The van der Waals surface area contributed by atoms with E-state index >= 15 is 0 Å². The van der Waals surface area contributed by atoms with Crippen LogP contribution in [0.1, 0.15) is 15.4 Å². The van der Waals surface area contributed by atoms with E-state index in [2.05, 4.69) is 10.3 Å². The molecule has 1 aromatic heterocycles. The van der Waals surface area contributed by atoms with Crippen LogP contribution in [0.3, 0.4) is 0 Å². The summed E-state index contributed by atoms with van der Waals surface area (Å²) in [5.41, 5.74) is 2.37. The molecule has 2 aromatic carbocycles. The molecule has 0 saturated heterocycles. The molecule has 116 valence electrons. The van der Waals surface area contributed by atoms with Gasteiger partial charge in [-0.2, -0.15) is 0 Å². The van der Waals surface area contributed by atoms with Crippen LogP contribution in [0.25, 0.3) is 11.3 Å². The number of carbonyl (C=O) groups is 1. The van der Waals surface area contributed by atoms with Crippen molar-refractivity contribution in [3.05, 3.63) is 65.2 Å². The predicted octanol–water partition coefficient (Wildman–Crippen LogP) is 4.38. The van der Waals surface area contributed by atoms with Crippen LogP contribution in [0.5, 0.6) is 5.75 Å². The maximum atomic E-state index is 12.4. The van der Waals surface area contributed by atoms with E-state index in [1.54, 1.807) is 31.4 Å². The highest BCUT2D eigenvalue weighted by atomic mass is 32.1. The second-order valence-corrected chi connectivity index (χ2v) is 6.16. The number of aryl methyl sites for hydroxylation is 1. The van der Waals surface area contributed by atoms with Gasteiger partial charge in [0.15, 0.2) is 0 Å². The monoisotopic (exact) mass is 324 g/mol. The Morgan fingerprint density at radius 3 is 2.43 bits per heavy atom. The molecule has 0 aliphatic rings. The van der Waals surface area contributed by atoms with Crippen molar-refractivity contribution >= 4 is 22.2 Å². The van der Waals surface area contributed by atoms with E-state index in [-0.39, 0.29) is 5.91 Å². The fourth-order valence-electron chi connectivity index (χ4n) is 2.22. The molecule has 1 heterocycles. The average molecular weight is 324 g/mol. The molecule has 23 heavy (non-hydrogen) atoms. The number of methoxy groups -OCH3 is 1. The Morgan fingerprint density at radius 1 is 1.09 bits per heavy atom. The molecular formula is C18H16N2O2S. The van der Waals surface area contributed by atoms with Crippen LogP contribution in [0.2, 0.25) is 0 Å². The Bertz CT molecular complexity index is 811. The minimum absolute atomic E-state index is 0.159. The number of anilines is 1. The normalized spacial score (nSPS) is 10.3. The van der Waals surface area contributed by atoms with Gasteiger partial charge < -0.3 is 10.1 Å². The number of ether oxygens (including phenoxy) is 1. The molecule has 0 radical (unpaired) electrons. The van der Waals surface area contributed by atoms with Crippen LogP contribution in [0.15, 0.2) is 54.6 Å². The molecule has 0 unspecified atom stereocenters. The van der Waals surface area contributed by atoms with E-state index in [4.69, 9.17) is 4.74 Å². The lowest BCUT2D eigenvalue weighted by molar-refractivity contribution is 0.102. The Hall–Kier alpha value is -2.66. The first-order valence-electron chi connectivity index (χ1n) is 7.15. The van der Waals surface area contributed by atoms with Gasteiger partial charge in [0.25, 0.3) is 5.91 Å². The number of nitrogens with one attached hydrogen (secondary N) is 1. The summed E-state index contributed by atoms with van der Waals surface area (Å²) in [6.45, 7) is 1.93. The average Bonchev–Trinajstić information content (AvgIpc) is 2.96. The van der Waals surface area contributed by atoms with E-state index in [0.29, 0.717) is 5.56 Å². The maximum Gasteiger partial charge on any atom is 0.256 e. The van der Waals surface area contributed by atoms with Crippen LogP contribution >= 0.6 is 11.3 Å². The lowest BCUT2D eigenvalue weighted by Gasteiger charge is -2.06. The van der Waals surface area contributed by atoms with Crippen LogP contribution < -0.4 is 10.1 Å². The SMILES string of the molecule is COc1ccc(C(=O)Nc2sc(C)nc2-c2ccccc2)cc1. The van der Waals surface area contributed by atoms with E-state index in [1.165, 1.54) is 11.3 Å². The third kappa shape index (κ3) is 3.40. The number of carbonyl (C=O) groups excluding carboxylic acids is 1.